The molecule has 0 unspecified atom stereocenters. The van der Waals surface area contributed by atoms with E-state index >= 15 is 0 Å². The molecule has 2 aromatic carbocycles. The molecule has 0 heterocycles. The van der Waals surface area contributed by atoms with Gasteiger partial charge in [0, 0.05) is 12.1 Å². The Bertz CT molecular complexity index is 555. The minimum absolute atomic E-state index is 0.603. The van der Waals surface area contributed by atoms with Gasteiger partial charge in [-0.2, -0.15) is 0 Å². The standard InChI is InChI=1S/C16H18ClNO2/c1-3-19-13-7-9-14(10-8-13)20-16-12(11-18-2)5-4-6-15(16)17/h4-10,18H,3,11H2,1-2H3. The highest BCUT2D eigenvalue weighted by Gasteiger charge is 2.09. The second-order valence-electron chi connectivity index (χ2n) is 4.26. The van der Waals surface area contributed by atoms with E-state index in [0.29, 0.717) is 23.9 Å². The Morgan fingerprint density at radius 3 is 2.40 bits per heavy atom. The minimum atomic E-state index is 0.603. The maximum absolute atomic E-state index is 6.22. The predicted octanol–water partition coefficient (Wildman–Crippen LogP) is 4.25. The molecule has 0 saturated heterocycles. The van der Waals surface area contributed by atoms with E-state index in [1.807, 2.05) is 56.4 Å². The van der Waals surface area contributed by atoms with Gasteiger partial charge < -0.3 is 14.8 Å². The molecule has 0 radical (unpaired) electrons. The average molecular weight is 292 g/mol. The fraction of sp³-hybridized carbons (Fsp3) is 0.250. The number of nitrogens with one attached hydrogen (secondary N) is 1. The summed E-state index contributed by atoms with van der Waals surface area (Å²) < 4.78 is 11.3. The average Bonchev–Trinajstić information content (AvgIpc) is 2.45. The lowest BCUT2D eigenvalue weighted by Crippen LogP contribution is -2.06. The first-order valence-corrected chi connectivity index (χ1v) is 6.95. The molecule has 3 nitrogen and oxygen atoms in total. The topological polar surface area (TPSA) is 30.5 Å². The lowest BCUT2D eigenvalue weighted by atomic mass is 10.2. The second-order valence-corrected chi connectivity index (χ2v) is 4.67. The minimum Gasteiger partial charge on any atom is -0.494 e. The number of halogens is 1. The van der Waals surface area contributed by atoms with Crippen LogP contribution in [0.4, 0.5) is 0 Å². The third-order valence-electron chi connectivity index (χ3n) is 2.77. The van der Waals surface area contributed by atoms with E-state index in [1.54, 1.807) is 0 Å². The molecule has 2 rings (SSSR count). The summed E-state index contributed by atoms with van der Waals surface area (Å²) in [5.41, 5.74) is 1.02. The van der Waals surface area contributed by atoms with Gasteiger partial charge in [-0.15, -0.1) is 0 Å². The Kier molecular flexibility index (Phi) is 5.27. The molecular weight excluding hydrogens is 274 g/mol. The van der Waals surface area contributed by atoms with Gasteiger partial charge in [0.15, 0.2) is 0 Å². The largest absolute Gasteiger partial charge is 0.494 e. The van der Waals surface area contributed by atoms with Gasteiger partial charge in [-0.3, -0.25) is 0 Å². The van der Waals surface area contributed by atoms with Crippen LogP contribution in [-0.2, 0) is 6.54 Å². The van der Waals surface area contributed by atoms with Gasteiger partial charge >= 0.3 is 0 Å². The van der Waals surface area contributed by atoms with Crippen LogP contribution in [0.2, 0.25) is 5.02 Å². The monoisotopic (exact) mass is 291 g/mol. The molecule has 0 aromatic heterocycles. The zero-order chi connectivity index (χ0) is 14.4. The molecule has 0 spiro atoms. The summed E-state index contributed by atoms with van der Waals surface area (Å²) in [5.74, 6) is 2.25. The van der Waals surface area contributed by atoms with Gasteiger partial charge in [0.25, 0.3) is 0 Å². The Morgan fingerprint density at radius 1 is 1.05 bits per heavy atom. The molecule has 0 fully saturated rings. The van der Waals surface area contributed by atoms with Crippen LogP contribution >= 0.6 is 11.6 Å². The van der Waals surface area contributed by atoms with E-state index in [1.165, 1.54) is 0 Å². The predicted molar refractivity (Wildman–Crippen MR) is 81.9 cm³/mol. The van der Waals surface area contributed by atoms with Crippen LogP contribution < -0.4 is 14.8 Å². The van der Waals surface area contributed by atoms with Crippen LogP contribution in [0, 0.1) is 0 Å². The Morgan fingerprint density at radius 2 is 1.75 bits per heavy atom. The van der Waals surface area contributed by atoms with Crippen molar-refractivity contribution in [3.63, 3.8) is 0 Å². The van der Waals surface area contributed by atoms with Gasteiger partial charge in [0.05, 0.1) is 11.6 Å². The number of benzene rings is 2. The fourth-order valence-corrected chi connectivity index (χ4v) is 2.12. The van der Waals surface area contributed by atoms with Gasteiger partial charge in [-0.05, 0) is 44.3 Å². The molecule has 2 aromatic rings. The van der Waals surface area contributed by atoms with Crippen molar-refractivity contribution in [2.45, 2.75) is 13.5 Å². The summed E-state index contributed by atoms with van der Waals surface area (Å²) in [7, 11) is 1.89. The third-order valence-corrected chi connectivity index (χ3v) is 3.07. The molecule has 4 heteroatoms. The zero-order valence-electron chi connectivity index (χ0n) is 11.7. The lowest BCUT2D eigenvalue weighted by molar-refractivity contribution is 0.339. The first-order valence-electron chi connectivity index (χ1n) is 6.57. The lowest BCUT2D eigenvalue weighted by Gasteiger charge is -2.13. The van der Waals surface area contributed by atoms with Crippen molar-refractivity contribution in [2.75, 3.05) is 13.7 Å². The molecule has 0 atom stereocenters. The quantitative estimate of drug-likeness (QED) is 0.863. The van der Waals surface area contributed by atoms with Crippen molar-refractivity contribution in [2.24, 2.45) is 0 Å². The maximum Gasteiger partial charge on any atom is 0.150 e. The first kappa shape index (κ1) is 14.7. The van der Waals surface area contributed by atoms with Crippen LogP contribution in [0.25, 0.3) is 0 Å². The van der Waals surface area contributed by atoms with E-state index in [0.717, 1.165) is 17.1 Å². The van der Waals surface area contributed by atoms with E-state index in [9.17, 15) is 0 Å². The normalized spacial score (nSPS) is 10.3. The van der Waals surface area contributed by atoms with Gasteiger partial charge in [0.1, 0.15) is 17.2 Å². The Hall–Kier alpha value is -1.71. The van der Waals surface area contributed by atoms with Crippen LogP contribution in [0.15, 0.2) is 42.5 Å². The Labute approximate surface area is 124 Å². The summed E-state index contributed by atoms with van der Waals surface area (Å²) in [6, 6.07) is 13.2. The molecular formula is C16H18ClNO2. The van der Waals surface area contributed by atoms with Crippen molar-refractivity contribution in [3.05, 3.63) is 53.1 Å². The first-order chi connectivity index (χ1) is 9.74. The summed E-state index contributed by atoms with van der Waals surface area (Å²) >= 11 is 6.22. The summed E-state index contributed by atoms with van der Waals surface area (Å²) in [4.78, 5) is 0. The molecule has 1 N–H and O–H groups in total. The van der Waals surface area contributed by atoms with Crippen molar-refractivity contribution >= 4 is 11.6 Å². The van der Waals surface area contributed by atoms with E-state index in [-0.39, 0.29) is 0 Å². The highest BCUT2D eigenvalue weighted by atomic mass is 35.5. The number of hydrogen-bond donors (Lipinski definition) is 1. The molecule has 106 valence electrons. The van der Waals surface area contributed by atoms with Crippen LogP contribution in [0.5, 0.6) is 17.2 Å². The summed E-state index contributed by atoms with van der Waals surface area (Å²) in [6.45, 7) is 3.31. The van der Waals surface area contributed by atoms with E-state index in [2.05, 4.69) is 5.32 Å². The molecule has 0 aliphatic carbocycles. The van der Waals surface area contributed by atoms with Crippen molar-refractivity contribution in [3.8, 4) is 17.2 Å². The molecule has 0 aliphatic rings. The summed E-state index contributed by atoms with van der Waals surface area (Å²) in [6.07, 6.45) is 0. The number of hydrogen-bond acceptors (Lipinski definition) is 3. The highest BCUT2D eigenvalue weighted by molar-refractivity contribution is 6.32. The van der Waals surface area contributed by atoms with Crippen molar-refractivity contribution in [1.82, 2.24) is 5.32 Å². The third kappa shape index (κ3) is 3.65. The summed E-state index contributed by atoms with van der Waals surface area (Å²) in [5, 5.41) is 3.71. The smallest absolute Gasteiger partial charge is 0.150 e. The molecule has 0 aliphatic heterocycles. The van der Waals surface area contributed by atoms with Crippen LogP contribution in [-0.4, -0.2) is 13.7 Å². The van der Waals surface area contributed by atoms with Gasteiger partial charge in [0.2, 0.25) is 0 Å². The zero-order valence-corrected chi connectivity index (χ0v) is 12.4. The molecule has 0 saturated carbocycles. The van der Waals surface area contributed by atoms with Gasteiger partial charge in [-0.25, -0.2) is 0 Å². The van der Waals surface area contributed by atoms with E-state index in [4.69, 9.17) is 21.1 Å². The van der Waals surface area contributed by atoms with Crippen LogP contribution in [0.1, 0.15) is 12.5 Å². The number of rotatable bonds is 6. The van der Waals surface area contributed by atoms with E-state index < -0.39 is 0 Å². The second kappa shape index (κ2) is 7.17. The van der Waals surface area contributed by atoms with Crippen LogP contribution in [0.3, 0.4) is 0 Å². The molecule has 20 heavy (non-hydrogen) atoms. The highest BCUT2D eigenvalue weighted by Crippen LogP contribution is 2.33. The number of para-hydroxylation sites is 1. The molecule has 0 amide bonds. The SMILES string of the molecule is CCOc1ccc(Oc2c(Cl)cccc2CNC)cc1. The fourth-order valence-electron chi connectivity index (χ4n) is 1.89. The molecule has 0 bridgehead atoms. The van der Waals surface area contributed by atoms with Crippen molar-refractivity contribution in [1.29, 1.82) is 0 Å². The van der Waals surface area contributed by atoms with Crippen molar-refractivity contribution < 1.29 is 9.47 Å². The van der Waals surface area contributed by atoms with Gasteiger partial charge in [-0.1, -0.05) is 23.7 Å². The number of ether oxygens (including phenoxy) is 2. The maximum atomic E-state index is 6.22. The Balaban J connectivity index is 2.20.